The summed E-state index contributed by atoms with van der Waals surface area (Å²) in [6, 6.07) is -0.656. The van der Waals surface area contributed by atoms with Crippen LogP contribution in [0.5, 0.6) is 0 Å². The second-order valence-corrected chi connectivity index (χ2v) is 6.88. The molecule has 0 bridgehead atoms. The highest BCUT2D eigenvalue weighted by atomic mass is 32.2. The van der Waals surface area contributed by atoms with Crippen molar-refractivity contribution in [1.82, 2.24) is 20.3 Å². The Morgan fingerprint density at radius 3 is 2.82 bits per heavy atom. The highest BCUT2D eigenvalue weighted by molar-refractivity contribution is 8.00. The molecule has 0 saturated carbocycles. The van der Waals surface area contributed by atoms with Gasteiger partial charge in [-0.1, -0.05) is 12.1 Å². The van der Waals surface area contributed by atoms with Crippen LogP contribution in [0.1, 0.15) is 31.5 Å². The summed E-state index contributed by atoms with van der Waals surface area (Å²) in [5.74, 6) is 1.37. The SMILES string of the molecule is CC1(CNC(=O)C(CCC(N)=O)n2cc(CO)nn2)CSC1. The minimum atomic E-state index is -0.656. The Kier molecular flexibility index (Phi) is 5.41. The van der Waals surface area contributed by atoms with Crippen LogP contribution in [0.15, 0.2) is 6.20 Å². The Labute approximate surface area is 132 Å². The first-order valence-corrected chi connectivity index (χ1v) is 8.24. The fourth-order valence-electron chi connectivity index (χ4n) is 2.17. The molecule has 1 fully saturated rings. The van der Waals surface area contributed by atoms with E-state index in [1.54, 1.807) is 0 Å². The van der Waals surface area contributed by atoms with E-state index in [9.17, 15) is 9.59 Å². The van der Waals surface area contributed by atoms with Gasteiger partial charge in [-0.15, -0.1) is 5.10 Å². The number of aromatic nitrogens is 3. The monoisotopic (exact) mass is 327 g/mol. The Hall–Kier alpha value is -1.61. The summed E-state index contributed by atoms with van der Waals surface area (Å²) in [6.45, 7) is 2.47. The summed E-state index contributed by atoms with van der Waals surface area (Å²) >= 11 is 1.85. The molecule has 2 rings (SSSR count). The van der Waals surface area contributed by atoms with Gasteiger partial charge in [-0.3, -0.25) is 9.59 Å². The number of rotatable bonds is 8. The molecule has 2 amide bonds. The number of nitrogens with two attached hydrogens (primary N) is 1. The van der Waals surface area contributed by atoms with Gasteiger partial charge in [-0.25, -0.2) is 4.68 Å². The maximum atomic E-state index is 12.4. The fourth-order valence-corrected chi connectivity index (χ4v) is 3.28. The standard InChI is InChI=1S/C13H21N5O3S/c1-13(7-22-8-13)6-15-12(21)10(2-3-11(14)20)18-4-9(5-19)16-17-18/h4,10,19H,2-3,5-8H2,1H3,(H2,14,20)(H,15,21). The maximum absolute atomic E-state index is 12.4. The van der Waals surface area contributed by atoms with Crippen molar-refractivity contribution < 1.29 is 14.7 Å². The summed E-state index contributed by atoms with van der Waals surface area (Å²) < 4.78 is 1.38. The van der Waals surface area contributed by atoms with Gasteiger partial charge in [0.25, 0.3) is 0 Å². The molecular formula is C13H21N5O3S. The third kappa shape index (κ3) is 4.20. The number of thioether (sulfide) groups is 1. The second-order valence-electron chi connectivity index (χ2n) is 5.89. The Morgan fingerprint density at radius 2 is 2.32 bits per heavy atom. The third-order valence-electron chi connectivity index (χ3n) is 3.60. The van der Waals surface area contributed by atoms with Crippen LogP contribution in [0.25, 0.3) is 0 Å². The van der Waals surface area contributed by atoms with E-state index < -0.39 is 11.9 Å². The van der Waals surface area contributed by atoms with E-state index in [1.165, 1.54) is 10.9 Å². The number of primary amides is 1. The zero-order valence-electron chi connectivity index (χ0n) is 12.5. The number of hydrogen-bond acceptors (Lipinski definition) is 6. The summed E-state index contributed by atoms with van der Waals surface area (Å²) in [4.78, 5) is 23.4. The number of aliphatic hydroxyl groups excluding tert-OH is 1. The second kappa shape index (κ2) is 7.10. The highest BCUT2D eigenvalue weighted by Gasteiger charge is 2.34. The van der Waals surface area contributed by atoms with Gasteiger partial charge in [0.05, 0.1) is 12.8 Å². The maximum Gasteiger partial charge on any atom is 0.244 e. The lowest BCUT2D eigenvalue weighted by Crippen LogP contribution is -2.46. The van der Waals surface area contributed by atoms with Crippen LogP contribution < -0.4 is 11.1 Å². The van der Waals surface area contributed by atoms with Crippen LogP contribution in [0.4, 0.5) is 0 Å². The molecule has 22 heavy (non-hydrogen) atoms. The molecule has 0 aromatic carbocycles. The van der Waals surface area contributed by atoms with Crippen LogP contribution in [0.3, 0.4) is 0 Å². The molecule has 1 aliphatic rings. The number of nitrogens with one attached hydrogen (secondary N) is 1. The molecule has 1 atom stereocenters. The summed E-state index contributed by atoms with van der Waals surface area (Å²) in [5, 5.41) is 19.6. The number of aliphatic hydroxyl groups is 1. The molecule has 0 radical (unpaired) electrons. The first kappa shape index (κ1) is 16.8. The first-order valence-electron chi connectivity index (χ1n) is 7.09. The van der Waals surface area contributed by atoms with E-state index in [0.717, 1.165) is 11.5 Å². The molecule has 2 heterocycles. The van der Waals surface area contributed by atoms with Crippen molar-refractivity contribution in [3.63, 3.8) is 0 Å². The van der Waals surface area contributed by atoms with Gasteiger partial charge < -0.3 is 16.2 Å². The number of carbonyl (C=O) groups excluding carboxylic acids is 2. The van der Waals surface area contributed by atoms with Gasteiger partial charge in [0.1, 0.15) is 11.7 Å². The van der Waals surface area contributed by atoms with E-state index in [1.807, 2.05) is 11.8 Å². The van der Waals surface area contributed by atoms with Crippen molar-refractivity contribution in [3.05, 3.63) is 11.9 Å². The van der Waals surface area contributed by atoms with Crippen molar-refractivity contribution in [2.24, 2.45) is 11.1 Å². The molecule has 1 aliphatic heterocycles. The van der Waals surface area contributed by atoms with E-state index >= 15 is 0 Å². The summed E-state index contributed by atoms with van der Waals surface area (Å²) in [7, 11) is 0. The number of hydrogen-bond donors (Lipinski definition) is 3. The predicted octanol–water partition coefficient (Wildman–Crippen LogP) is -0.554. The molecule has 0 spiro atoms. The van der Waals surface area contributed by atoms with Crippen molar-refractivity contribution in [2.75, 3.05) is 18.1 Å². The molecule has 4 N–H and O–H groups in total. The minimum absolute atomic E-state index is 0.0829. The minimum Gasteiger partial charge on any atom is -0.390 e. The molecule has 0 aliphatic carbocycles. The van der Waals surface area contributed by atoms with Gasteiger partial charge in [0.15, 0.2) is 0 Å². The van der Waals surface area contributed by atoms with Crippen LogP contribution in [0, 0.1) is 5.41 Å². The molecular weight excluding hydrogens is 306 g/mol. The lowest BCUT2D eigenvalue weighted by Gasteiger charge is -2.37. The zero-order valence-corrected chi connectivity index (χ0v) is 13.3. The normalized spacial score (nSPS) is 17.5. The van der Waals surface area contributed by atoms with Gasteiger partial charge in [-0.2, -0.15) is 11.8 Å². The number of carbonyl (C=O) groups is 2. The van der Waals surface area contributed by atoms with Gasteiger partial charge in [0, 0.05) is 29.9 Å². The Balaban J connectivity index is 2.01. The van der Waals surface area contributed by atoms with Gasteiger partial charge in [0.2, 0.25) is 11.8 Å². The molecule has 1 unspecified atom stereocenters. The summed E-state index contributed by atoms with van der Waals surface area (Å²) in [5.41, 5.74) is 5.67. The van der Waals surface area contributed by atoms with Gasteiger partial charge in [-0.05, 0) is 6.42 Å². The van der Waals surface area contributed by atoms with E-state index in [4.69, 9.17) is 10.8 Å². The van der Waals surface area contributed by atoms with Crippen molar-refractivity contribution in [3.8, 4) is 0 Å². The van der Waals surface area contributed by atoms with Crippen molar-refractivity contribution >= 4 is 23.6 Å². The van der Waals surface area contributed by atoms with Crippen LogP contribution >= 0.6 is 11.8 Å². The molecule has 8 nitrogen and oxygen atoms in total. The predicted molar refractivity (Wildman–Crippen MR) is 81.9 cm³/mol. The van der Waals surface area contributed by atoms with Crippen LogP contribution in [-0.2, 0) is 16.2 Å². The van der Waals surface area contributed by atoms with E-state index in [-0.39, 0.29) is 30.8 Å². The third-order valence-corrected chi connectivity index (χ3v) is 5.40. The van der Waals surface area contributed by atoms with Crippen molar-refractivity contribution in [2.45, 2.75) is 32.4 Å². The Bertz CT molecular complexity index is 544. The first-order chi connectivity index (χ1) is 10.4. The molecule has 1 aromatic heterocycles. The molecule has 1 saturated heterocycles. The zero-order chi connectivity index (χ0) is 16.2. The average Bonchev–Trinajstić information content (AvgIpc) is 2.91. The van der Waals surface area contributed by atoms with E-state index in [0.29, 0.717) is 12.2 Å². The van der Waals surface area contributed by atoms with E-state index in [2.05, 4.69) is 22.6 Å². The molecule has 122 valence electrons. The lowest BCUT2D eigenvalue weighted by molar-refractivity contribution is -0.125. The lowest BCUT2D eigenvalue weighted by atomic mass is 9.94. The average molecular weight is 327 g/mol. The Morgan fingerprint density at radius 1 is 1.59 bits per heavy atom. The van der Waals surface area contributed by atoms with Gasteiger partial charge >= 0.3 is 0 Å². The summed E-state index contributed by atoms with van der Waals surface area (Å²) in [6.07, 6.45) is 1.84. The smallest absolute Gasteiger partial charge is 0.244 e. The molecule has 1 aromatic rings. The van der Waals surface area contributed by atoms with Crippen LogP contribution in [-0.4, -0.2) is 50.0 Å². The number of amides is 2. The van der Waals surface area contributed by atoms with Crippen LogP contribution in [0.2, 0.25) is 0 Å². The quantitative estimate of drug-likeness (QED) is 0.588. The number of nitrogens with zero attached hydrogens (tertiary/aromatic N) is 3. The molecule has 9 heteroatoms. The largest absolute Gasteiger partial charge is 0.390 e. The highest BCUT2D eigenvalue weighted by Crippen LogP contribution is 2.36. The topological polar surface area (TPSA) is 123 Å². The van der Waals surface area contributed by atoms with Crippen molar-refractivity contribution in [1.29, 1.82) is 0 Å². The fraction of sp³-hybridized carbons (Fsp3) is 0.692.